The van der Waals surface area contributed by atoms with Gasteiger partial charge >= 0.3 is 5.97 Å². The minimum Gasteiger partial charge on any atom is -0.478 e. The molecule has 84 valence electrons. The maximum absolute atomic E-state index is 10.9. The summed E-state index contributed by atoms with van der Waals surface area (Å²) < 4.78 is 5.57. The Kier molecular flexibility index (Phi) is 2.64. The van der Waals surface area contributed by atoms with Gasteiger partial charge in [0.05, 0.1) is 10.6 Å². The van der Waals surface area contributed by atoms with Crippen molar-refractivity contribution in [2.75, 3.05) is 0 Å². The molecule has 0 aliphatic heterocycles. The number of benzene rings is 1. The van der Waals surface area contributed by atoms with Crippen LogP contribution in [0.4, 0.5) is 0 Å². The van der Waals surface area contributed by atoms with Crippen LogP contribution in [0.15, 0.2) is 22.6 Å². The van der Waals surface area contributed by atoms with Crippen LogP contribution < -0.4 is 0 Å². The lowest BCUT2D eigenvalue weighted by Gasteiger charge is -1.98. The third-order valence-electron chi connectivity index (χ3n) is 2.45. The molecule has 0 amide bonds. The average molecular weight is 239 g/mol. The number of aromatic carboxylic acids is 1. The van der Waals surface area contributed by atoms with Gasteiger partial charge in [0.1, 0.15) is 11.3 Å². The summed E-state index contributed by atoms with van der Waals surface area (Å²) in [5.74, 6) is 0.0235. The van der Waals surface area contributed by atoms with Crippen molar-refractivity contribution in [2.24, 2.45) is 0 Å². The molecule has 1 heterocycles. The molecule has 1 N–H and O–H groups in total. The van der Waals surface area contributed by atoms with Crippen molar-refractivity contribution >= 4 is 28.5 Å². The number of furan rings is 1. The topological polar surface area (TPSA) is 50.4 Å². The van der Waals surface area contributed by atoms with Gasteiger partial charge in [0, 0.05) is 11.3 Å². The normalized spacial score (nSPS) is 11.2. The van der Waals surface area contributed by atoms with Gasteiger partial charge in [-0.15, -0.1) is 0 Å². The predicted octanol–water partition coefficient (Wildman–Crippen LogP) is 3.91. The quantitative estimate of drug-likeness (QED) is 0.863. The van der Waals surface area contributed by atoms with Crippen molar-refractivity contribution in [1.29, 1.82) is 0 Å². The van der Waals surface area contributed by atoms with Gasteiger partial charge in [-0.1, -0.05) is 25.4 Å². The van der Waals surface area contributed by atoms with Crippen LogP contribution in [-0.2, 0) is 0 Å². The van der Waals surface area contributed by atoms with E-state index in [0.29, 0.717) is 11.0 Å². The van der Waals surface area contributed by atoms with E-state index in [1.54, 1.807) is 12.1 Å². The fourth-order valence-electron chi connectivity index (χ4n) is 1.55. The number of carbonyl (C=O) groups is 1. The highest BCUT2D eigenvalue weighted by Crippen LogP contribution is 2.32. The summed E-state index contributed by atoms with van der Waals surface area (Å²) in [6, 6.07) is 4.89. The maximum Gasteiger partial charge on any atom is 0.337 e. The minimum atomic E-state index is -1.03. The Hall–Kier alpha value is -1.48. The number of fused-ring (bicyclic) bond motifs is 1. The number of hydrogen-bond acceptors (Lipinski definition) is 2. The molecule has 0 unspecified atom stereocenters. The summed E-state index contributed by atoms with van der Waals surface area (Å²) in [6.45, 7) is 4.01. The van der Waals surface area contributed by atoms with Gasteiger partial charge in [-0.3, -0.25) is 0 Å². The molecule has 4 heteroatoms. The van der Waals surface area contributed by atoms with Crippen LogP contribution in [-0.4, -0.2) is 11.1 Å². The zero-order valence-electron chi connectivity index (χ0n) is 8.95. The maximum atomic E-state index is 10.9. The first-order valence-electron chi connectivity index (χ1n) is 4.96. The summed E-state index contributed by atoms with van der Waals surface area (Å²) in [5, 5.41) is 9.82. The summed E-state index contributed by atoms with van der Waals surface area (Å²) >= 11 is 6.01. The number of carboxylic acids is 1. The Morgan fingerprint density at radius 1 is 1.44 bits per heavy atom. The third kappa shape index (κ3) is 1.67. The molecular formula is C12H11ClO3. The molecule has 0 aliphatic carbocycles. The van der Waals surface area contributed by atoms with E-state index in [1.165, 1.54) is 6.07 Å². The Morgan fingerprint density at radius 3 is 2.69 bits per heavy atom. The van der Waals surface area contributed by atoms with Crippen LogP contribution in [0.2, 0.25) is 5.02 Å². The van der Waals surface area contributed by atoms with E-state index in [-0.39, 0.29) is 16.5 Å². The van der Waals surface area contributed by atoms with Gasteiger partial charge in [0.15, 0.2) is 0 Å². The van der Waals surface area contributed by atoms with E-state index >= 15 is 0 Å². The van der Waals surface area contributed by atoms with Crippen LogP contribution >= 0.6 is 11.6 Å². The average Bonchev–Trinajstić information content (AvgIpc) is 2.62. The van der Waals surface area contributed by atoms with E-state index in [1.807, 2.05) is 13.8 Å². The standard InChI is InChI=1S/C12H11ClO3/c1-6(2)10-5-8-9(16-10)4-3-7(11(8)13)12(14)15/h3-6H,1-2H3,(H,14,15). The molecule has 0 atom stereocenters. The third-order valence-corrected chi connectivity index (χ3v) is 2.86. The lowest BCUT2D eigenvalue weighted by atomic mass is 10.1. The smallest absolute Gasteiger partial charge is 0.337 e. The first kappa shape index (κ1) is 11.0. The second kappa shape index (κ2) is 3.83. The first-order chi connectivity index (χ1) is 7.50. The number of halogens is 1. The molecular weight excluding hydrogens is 228 g/mol. The monoisotopic (exact) mass is 238 g/mol. The summed E-state index contributed by atoms with van der Waals surface area (Å²) in [4.78, 5) is 10.9. The van der Waals surface area contributed by atoms with Gasteiger partial charge in [-0.25, -0.2) is 4.79 Å². The summed E-state index contributed by atoms with van der Waals surface area (Å²) in [6.07, 6.45) is 0. The Morgan fingerprint density at radius 2 is 2.12 bits per heavy atom. The van der Waals surface area contributed by atoms with E-state index in [0.717, 1.165) is 5.76 Å². The van der Waals surface area contributed by atoms with Crippen molar-refractivity contribution in [2.45, 2.75) is 19.8 Å². The van der Waals surface area contributed by atoms with E-state index in [4.69, 9.17) is 21.1 Å². The van der Waals surface area contributed by atoms with Crippen LogP contribution in [0.5, 0.6) is 0 Å². The van der Waals surface area contributed by atoms with Crippen molar-refractivity contribution in [3.63, 3.8) is 0 Å². The molecule has 2 rings (SSSR count). The van der Waals surface area contributed by atoms with Crippen molar-refractivity contribution in [1.82, 2.24) is 0 Å². The fraction of sp³-hybridized carbons (Fsp3) is 0.250. The lowest BCUT2D eigenvalue weighted by Crippen LogP contribution is -1.96. The molecule has 1 aromatic carbocycles. The van der Waals surface area contributed by atoms with Crippen molar-refractivity contribution in [3.8, 4) is 0 Å². The molecule has 0 saturated heterocycles. The van der Waals surface area contributed by atoms with Gasteiger partial charge in [0.2, 0.25) is 0 Å². The number of carboxylic acid groups (broad SMARTS) is 1. The fourth-order valence-corrected chi connectivity index (χ4v) is 1.84. The molecule has 1 aromatic heterocycles. The van der Waals surface area contributed by atoms with E-state index in [9.17, 15) is 4.79 Å². The van der Waals surface area contributed by atoms with E-state index in [2.05, 4.69) is 0 Å². The largest absolute Gasteiger partial charge is 0.478 e. The predicted molar refractivity (Wildman–Crippen MR) is 62.3 cm³/mol. The molecule has 0 fully saturated rings. The minimum absolute atomic E-state index is 0.102. The number of rotatable bonds is 2. The van der Waals surface area contributed by atoms with Gasteiger partial charge in [-0.2, -0.15) is 0 Å². The Balaban J connectivity index is 2.69. The molecule has 2 aromatic rings. The second-order valence-electron chi connectivity index (χ2n) is 3.95. The molecule has 3 nitrogen and oxygen atoms in total. The van der Waals surface area contributed by atoms with Crippen molar-refractivity contribution in [3.05, 3.63) is 34.5 Å². The number of hydrogen-bond donors (Lipinski definition) is 1. The lowest BCUT2D eigenvalue weighted by molar-refractivity contribution is 0.0697. The van der Waals surface area contributed by atoms with Gasteiger partial charge in [-0.05, 0) is 18.2 Å². The zero-order chi connectivity index (χ0) is 11.9. The molecule has 0 radical (unpaired) electrons. The molecule has 0 spiro atoms. The molecule has 16 heavy (non-hydrogen) atoms. The highest BCUT2D eigenvalue weighted by Gasteiger charge is 2.15. The van der Waals surface area contributed by atoms with Crippen LogP contribution in [0.3, 0.4) is 0 Å². The molecule has 0 bridgehead atoms. The molecule has 0 saturated carbocycles. The van der Waals surface area contributed by atoms with Crippen LogP contribution in [0.1, 0.15) is 35.9 Å². The van der Waals surface area contributed by atoms with Gasteiger partial charge < -0.3 is 9.52 Å². The highest BCUT2D eigenvalue weighted by molar-refractivity contribution is 6.38. The van der Waals surface area contributed by atoms with Crippen LogP contribution in [0.25, 0.3) is 11.0 Å². The second-order valence-corrected chi connectivity index (χ2v) is 4.33. The van der Waals surface area contributed by atoms with Gasteiger partial charge in [0.25, 0.3) is 0 Å². The van der Waals surface area contributed by atoms with Crippen LogP contribution in [0, 0.1) is 0 Å². The molecule has 0 aliphatic rings. The zero-order valence-corrected chi connectivity index (χ0v) is 9.71. The summed E-state index contributed by atoms with van der Waals surface area (Å²) in [5.41, 5.74) is 0.726. The van der Waals surface area contributed by atoms with E-state index < -0.39 is 5.97 Å². The highest BCUT2D eigenvalue weighted by atomic mass is 35.5. The Bertz CT molecular complexity index is 555. The first-order valence-corrected chi connectivity index (χ1v) is 5.33. The SMILES string of the molecule is CC(C)c1cc2c(Cl)c(C(=O)O)ccc2o1. The van der Waals surface area contributed by atoms with Crippen molar-refractivity contribution < 1.29 is 14.3 Å². The Labute approximate surface area is 97.6 Å². The summed E-state index contributed by atoms with van der Waals surface area (Å²) in [7, 11) is 0.